The Balaban J connectivity index is 2.19. The van der Waals surface area contributed by atoms with Gasteiger partial charge in [-0.1, -0.05) is 36.4 Å². The molecule has 1 heteroatoms. The van der Waals surface area contributed by atoms with Crippen LogP contribution in [-0.2, 0) is 17.8 Å². The lowest BCUT2D eigenvalue weighted by molar-refractivity contribution is 0.0595. The van der Waals surface area contributed by atoms with Gasteiger partial charge in [0.1, 0.15) is 0 Å². The molecule has 1 aliphatic rings. The average Bonchev–Trinajstić information content (AvgIpc) is 2.18. The summed E-state index contributed by atoms with van der Waals surface area (Å²) in [6.07, 6.45) is 5.47. The summed E-state index contributed by atoms with van der Waals surface area (Å²) in [5.41, 5.74) is 2.76. The molecule has 1 nitrogen and oxygen atoms in total. The van der Waals surface area contributed by atoms with Gasteiger partial charge in [-0.2, -0.15) is 0 Å². The molecule has 0 aliphatic carbocycles. The molecule has 0 bridgehead atoms. The summed E-state index contributed by atoms with van der Waals surface area (Å²) >= 11 is 0. The maximum absolute atomic E-state index is 5.66. The molecule has 1 aromatic carbocycles. The zero-order valence-electron chi connectivity index (χ0n) is 7.86. The number of fused-ring (bicyclic) bond motifs is 1. The quantitative estimate of drug-likeness (QED) is 0.595. The van der Waals surface area contributed by atoms with E-state index >= 15 is 0 Å². The van der Waals surface area contributed by atoms with Gasteiger partial charge in [0.15, 0.2) is 0 Å². The molecule has 1 atom stereocenters. The number of rotatable bonds is 1. The molecule has 0 aromatic heterocycles. The molecule has 1 aliphatic heterocycles. The van der Waals surface area contributed by atoms with Gasteiger partial charge in [-0.15, -0.1) is 0 Å². The van der Waals surface area contributed by atoms with Gasteiger partial charge in [-0.3, -0.25) is 0 Å². The zero-order chi connectivity index (χ0) is 9.10. The van der Waals surface area contributed by atoms with Gasteiger partial charge < -0.3 is 4.74 Å². The number of hydrogen-bond donors (Lipinski definition) is 0. The van der Waals surface area contributed by atoms with Crippen molar-refractivity contribution in [1.82, 2.24) is 0 Å². The smallest absolute Gasteiger partial charge is 0.0800 e. The van der Waals surface area contributed by atoms with E-state index in [1.165, 1.54) is 11.1 Å². The number of ether oxygens (including phenoxy) is 1. The summed E-state index contributed by atoms with van der Waals surface area (Å²) in [5.74, 6) is 0. The Kier molecular flexibility index (Phi) is 2.46. The van der Waals surface area contributed by atoms with Crippen molar-refractivity contribution in [3.8, 4) is 0 Å². The molecule has 1 heterocycles. The Morgan fingerprint density at radius 1 is 1.31 bits per heavy atom. The van der Waals surface area contributed by atoms with Crippen molar-refractivity contribution in [2.45, 2.75) is 26.1 Å². The maximum Gasteiger partial charge on any atom is 0.0800 e. The van der Waals surface area contributed by atoms with Crippen LogP contribution in [0.2, 0.25) is 0 Å². The number of benzene rings is 1. The van der Waals surface area contributed by atoms with Gasteiger partial charge in [-0.05, 0) is 18.1 Å². The molecule has 0 saturated heterocycles. The first-order valence-corrected chi connectivity index (χ1v) is 4.71. The number of hydrogen-bond acceptors (Lipinski definition) is 1. The van der Waals surface area contributed by atoms with Gasteiger partial charge in [0.05, 0.1) is 12.7 Å². The van der Waals surface area contributed by atoms with E-state index in [1.807, 2.05) is 6.92 Å². The van der Waals surface area contributed by atoms with Crippen molar-refractivity contribution < 1.29 is 4.74 Å². The van der Waals surface area contributed by atoms with Crippen molar-refractivity contribution in [2.75, 3.05) is 0 Å². The molecule has 1 unspecified atom stereocenters. The summed E-state index contributed by atoms with van der Waals surface area (Å²) in [6, 6.07) is 8.49. The van der Waals surface area contributed by atoms with E-state index in [-0.39, 0.29) is 6.10 Å². The minimum absolute atomic E-state index is 0.278. The fourth-order valence-corrected chi connectivity index (χ4v) is 1.71. The SMILES string of the molecule is C/C=C/C1Cc2ccccc2CO1. The first-order chi connectivity index (χ1) is 6.40. The summed E-state index contributed by atoms with van der Waals surface area (Å²) < 4.78 is 5.66. The maximum atomic E-state index is 5.66. The van der Waals surface area contributed by atoms with Gasteiger partial charge in [0.2, 0.25) is 0 Å². The van der Waals surface area contributed by atoms with Crippen LogP contribution in [0.25, 0.3) is 0 Å². The lowest BCUT2D eigenvalue weighted by atomic mass is 9.99. The fraction of sp³-hybridized carbons (Fsp3) is 0.333. The zero-order valence-corrected chi connectivity index (χ0v) is 7.86. The molecule has 2 rings (SSSR count). The summed E-state index contributed by atoms with van der Waals surface area (Å²) in [7, 11) is 0. The lowest BCUT2D eigenvalue weighted by Gasteiger charge is -2.22. The standard InChI is InChI=1S/C12H14O/c1-2-5-12-8-10-6-3-4-7-11(10)9-13-12/h2-7,12H,8-9H2,1H3/b5-2+. The van der Waals surface area contributed by atoms with Gasteiger partial charge >= 0.3 is 0 Å². The highest BCUT2D eigenvalue weighted by atomic mass is 16.5. The van der Waals surface area contributed by atoms with E-state index in [0.29, 0.717) is 0 Å². The highest BCUT2D eigenvalue weighted by molar-refractivity contribution is 5.29. The van der Waals surface area contributed by atoms with E-state index in [4.69, 9.17) is 4.74 Å². The van der Waals surface area contributed by atoms with E-state index in [9.17, 15) is 0 Å². The summed E-state index contributed by atoms with van der Waals surface area (Å²) in [5, 5.41) is 0. The fourth-order valence-electron chi connectivity index (χ4n) is 1.71. The Morgan fingerprint density at radius 3 is 2.85 bits per heavy atom. The average molecular weight is 174 g/mol. The summed E-state index contributed by atoms with van der Waals surface area (Å²) in [4.78, 5) is 0. The molecule has 0 radical (unpaired) electrons. The van der Waals surface area contributed by atoms with Crippen molar-refractivity contribution >= 4 is 0 Å². The molecule has 68 valence electrons. The van der Waals surface area contributed by atoms with E-state index in [2.05, 4.69) is 36.4 Å². The van der Waals surface area contributed by atoms with Crippen LogP contribution in [0, 0.1) is 0 Å². The minimum atomic E-state index is 0.278. The second kappa shape index (κ2) is 3.75. The second-order valence-electron chi connectivity index (χ2n) is 3.35. The normalized spacial score (nSPS) is 21.8. The summed E-state index contributed by atoms with van der Waals surface area (Å²) in [6.45, 7) is 2.79. The predicted octanol–water partition coefficient (Wildman–Crippen LogP) is 2.70. The third kappa shape index (κ3) is 1.81. The Morgan fingerprint density at radius 2 is 2.08 bits per heavy atom. The Labute approximate surface area is 79.0 Å². The molecule has 1 aromatic rings. The molecule has 0 amide bonds. The third-order valence-electron chi connectivity index (χ3n) is 2.40. The van der Waals surface area contributed by atoms with Crippen LogP contribution in [0.1, 0.15) is 18.1 Å². The van der Waals surface area contributed by atoms with Crippen LogP contribution in [0.15, 0.2) is 36.4 Å². The molecule has 0 fully saturated rings. The van der Waals surface area contributed by atoms with Crippen LogP contribution in [0.3, 0.4) is 0 Å². The van der Waals surface area contributed by atoms with Gasteiger partial charge in [-0.25, -0.2) is 0 Å². The highest BCUT2D eigenvalue weighted by Crippen LogP contribution is 2.20. The van der Waals surface area contributed by atoms with Crippen molar-refractivity contribution in [2.24, 2.45) is 0 Å². The minimum Gasteiger partial charge on any atom is -0.369 e. The van der Waals surface area contributed by atoms with Crippen molar-refractivity contribution in [3.05, 3.63) is 47.5 Å². The largest absolute Gasteiger partial charge is 0.369 e. The van der Waals surface area contributed by atoms with E-state index in [0.717, 1.165) is 13.0 Å². The Bertz CT molecular complexity index is 315. The molecule has 13 heavy (non-hydrogen) atoms. The van der Waals surface area contributed by atoms with Gasteiger partial charge in [0.25, 0.3) is 0 Å². The molecule has 0 saturated carbocycles. The number of allylic oxidation sites excluding steroid dienone is 1. The topological polar surface area (TPSA) is 9.23 Å². The highest BCUT2D eigenvalue weighted by Gasteiger charge is 2.15. The van der Waals surface area contributed by atoms with Crippen LogP contribution in [-0.4, -0.2) is 6.10 Å². The van der Waals surface area contributed by atoms with Crippen LogP contribution in [0.5, 0.6) is 0 Å². The second-order valence-corrected chi connectivity index (χ2v) is 3.35. The van der Waals surface area contributed by atoms with Crippen LogP contribution < -0.4 is 0 Å². The lowest BCUT2D eigenvalue weighted by Crippen LogP contribution is -2.19. The van der Waals surface area contributed by atoms with Crippen molar-refractivity contribution in [1.29, 1.82) is 0 Å². The van der Waals surface area contributed by atoms with Crippen molar-refractivity contribution in [3.63, 3.8) is 0 Å². The predicted molar refractivity (Wildman–Crippen MR) is 53.5 cm³/mol. The van der Waals surface area contributed by atoms with Gasteiger partial charge in [0, 0.05) is 6.42 Å². The third-order valence-corrected chi connectivity index (χ3v) is 2.40. The first kappa shape index (κ1) is 8.52. The van der Waals surface area contributed by atoms with E-state index < -0.39 is 0 Å². The molecular formula is C12H14O. The molecule has 0 spiro atoms. The molecule has 0 N–H and O–H groups in total. The van der Waals surface area contributed by atoms with Crippen LogP contribution in [0.4, 0.5) is 0 Å². The molecular weight excluding hydrogens is 160 g/mol. The first-order valence-electron chi connectivity index (χ1n) is 4.71. The van der Waals surface area contributed by atoms with E-state index in [1.54, 1.807) is 0 Å². The Hall–Kier alpha value is -1.08. The monoisotopic (exact) mass is 174 g/mol. The van der Waals surface area contributed by atoms with Crippen LogP contribution >= 0.6 is 0 Å².